The third-order valence-electron chi connectivity index (χ3n) is 4.86. The quantitative estimate of drug-likeness (QED) is 0.404. The summed E-state index contributed by atoms with van der Waals surface area (Å²) in [5, 5.41) is 6.94. The van der Waals surface area contributed by atoms with Crippen LogP contribution in [0.4, 0.5) is 5.69 Å². The van der Waals surface area contributed by atoms with Crippen molar-refractivity contribution in [3.05, 3.63) is 90.1 Å². The fraction of sp³-hybridized carbons (Fsp3) is 0.120. The van der Waals surface area contributed by atoms with E-state index in [1.54, 1.807) is 44.8 Å². The number of carbonyl (C=O) groups excluding carboxylic acids is 1. The van der Waals surface area contributed by atoms with Crippen molar-refractivity contribution in [3.8, 4) is 22.9 Å². The van der Waals surface area contributed by atoms with Crippen LogP contribution in [0.2, 0.25) is 0 Å². The highest BCUT2D eigenvalue weighted by molar-refractivity contribution is 6.02. The van der Waals surface area contributed by atoms with Crippen LogP contribution in [0.15, 0.2) is 77.6 Å². The number of nitrogens with zero attached hydrogens (tertiary/aromatic N) is 3. The van der Waals surface area contributed by atoms with Crippen molar-refractivity contribution < 1.29 is 18.8 Å². The summed E-state index contributed by atoms with van der Waals surface area (Å²) < 4.78 is 15.9. The van der Waals surface area contributed by atoms with E-state index in [1.807, 2.05) is 42.5 Å². The van der Waals surface area contributed by atoms with Crippen LogP contribution in [-0.2, 0) is 11.2 Å². The second-order valence-corrected chi connectivity index (χ2v) is 7.02. The molecular formula is C25H22N4O4. The van der Waals surface area contributed by atoms with Gasteiger partial charge in [0.1, 0.15) is 0 Å². The molecule has 0 fully saturated rings. The molecule has 1 amide bonds. The summed E-state index contributed by atoms with van der Waals surface area (Å²) in [6, 6.07) is 16.5. The Morgan fingerprint density at radius 3 is 2.61 bits per heavy atom. The SMILES string of the molecule is COc1ccc(/C=C/C(=O)Nc2ccccc2Cc2nc(-c3ccncc3)no2)cc1OC. The van der Waals surface area contributed by atoms with E-state index in [0.29, 0.717) is 35.3 Å². The minimum absolute atomic E-state index is 0.264. The number of carbonyl (C=O) groups is 1. The highest BCUT2D eigenvalue weighted by Gasteiger charge is 2.12. The Kier molecular flexibility index (Phi) is 6.75. The van der Waals surface area contributed by atoms with Gasteiger partial charge in [-0.05, 0) is 47.5 Å². The zero-order chi connectivity index (χ0) is 23.0. The fourth-order valence-corrected chi connectivity index (χ4v) is 3.21. The standard InChI is InChI=1S/C25H22N4O4/c1-31-21-9-7-17(15-22(21)32-2)8-10-23(30)27-20-6-4-3-5-19(20)16-24-28-25(29-33-24)18-11-13-26-14-12-18/h3-15H,16H2,1-2H3,(H,27,30)/b10-8+. The number of para-hydroxylation sites is 1. The van der Waals surface area contributed by atoms with Gasteiger partial charge in [0.2, 0.25) is 17.6 Å². The van der Waals surface area contributed by atoms with Crippen LogP contribution in [0.25, 0.3) is 17.5 Å². The minimum Gasteiger partial charge on any atom is -0.493 e. The molecule has 4 rings (SSSR count). The van der Waals surface area contributed by atoms with Crippen molar-refractivity contribution in [1.29, 1.82) is 0 Å². The lowest BCUT2D eigenvalue weighted by atomic mass is 10.1. The molecule has 0 saturated heterocycles. The first-order valence-corrected chi connectivity index (χ1v) is 10.2. The smallest absolute Gasteiger partial charge is 0.248 e. The van der Waals surface area contributed by atoms with Gasteiger partial charge in [0.25, 0.3) is 0 Å². The van der Waals surface area contributed by atoms with Gasteiger partial charge in [-0.25, -0.2) is 0 Å². The van der Waals surface area contributed by atoms with Crippen molar-refractivity contribution in [1.82, 2.24) is 15.1 Å². The van der Waals surface area contributed by atoms with Gasteiger partial charge in [0, 0.05) is 29.7 Å². The number of hydrogen-bond donors (Lipinski definition) is 1. The maximum Gasteiger partial charge on any atom is 0.248 e. The van der Waals surface area contributed by atoms with E-state index in [9.17, 15) is 4.79 Å². The molecule has 0 radical (unpaired) electrons. The molecule has 0 aliphatic rings. The number of anilines is 1. The van der Waals surface area contributed by atoms with E-state index in [-0.39, 0.29) is 5.91 Å². The van der Waals surface area contributed by atoms with Gasteiger partial charge in [0.15, 0.2) is 11.5 Å². The summed E-state index contributed by atoms with van der Waals surface area (Å²) >= 11 is 0. The molecule has 2 aromatic carbocycles. The first kappa shape index (κ1) is 21.8. The van der Waals surface area contributed by atoms with Crippen molar-refractivity contribution >= 4 is 17.7 Å². The second kappa shape index (κ2) is 10.2. The number of rotatable bonds is 8. The number of benzene rings is 2. The molecule has 166 valence electrons. The number of pyridine rings is 1. The van der Waals surface area contributed by atoms with Crippen LogP contribution in [0.5, 0.6) is 11.5 Å². The highest BCUT2D eigenvalue weighted by Crippen LogP contribution is 2.28. The third-order valence-corrected chi connectivity index (χ3v) is 4.86. The van der Waals surface area contributed by atoms with Crippen LogP contribution < -0.4 is 14.8 Å². The molecule has 0 atom stereocenters. The Labute approximate surface area is 190 Å². The Hall–Kier alpha value is -4.46. The number of ether oxygens (including phenoxy) is 2. The number of hydrogen-bond acceptors (Lipinski definition) is 7. The van der Waals surface area contributed by atoms with Crippen LogP contribution in [0.1, 0.15) is 17.0 Å². The Bertz CT molecular complexity index is 1270. The summed E-state index contributed by atoms with van der Waals surface area (Å²) in [6.07, 6.45) is 6.90. The highest BCUT2D eigenvalue weighted by atomic mass is 16.5. The average Bonchev–Trinajstić information content (AvgIpc) is 3.33. The van der Waals surface area contributed by atoms with Gasteiger partial charge in [-0.15, -0.1) is 0 Å². The summed E-state index contributed by atoms with van der Waals surface area (Å²) in [5.41, 5.74) is 3.16. The number of aromatic nitrogens is 3. The Morgan fingerprint density at radius 2 is 1.82 bits per heavy atom. The molecule has 2 heterocycles. The normalized spacial score (nSPS) is 10.8. The van der Waals surface area contributed by atoms with Gasteiger partial charge in [0.05, 0.1) is 20.6 Å². The maximum absolute atomic E-state index is 12.5. The number of methoxy groups -OCH3 is 2. The van der Waals surface area contributed by atoms with Crippen molar-refractivity contribution in [3.63, 3.8) is 0 Å². The first-order valence-electron chi connectivity index (χ1n) is 10.2. The summed E-state index contributed by atoms with van der Waals surface area (Å²) in [7, 11) is 3.14. The van der Waals surface area contributed by atoms with Gasteiger partial charge in [-0.3, -0.25) is 9.78 Å². The Morgan fingerprint density at radius 1 is 1.03 bits per heavy atom. The fourth-order valence-electron chi connectivity index (χ4n) is 3.21. The molecule has 4 aromatic rings. The molecule has 0 aliphatic heterocycles. The van der Waals surface area contributed by atoms with E-state index in [0.717, 1.165) is 16.7 Å². The molecule has 8 nitrogen and oxygen atoms in total. The lowest BCUT2D eigenvalue weighted by molar-refractivity contribution is -0.111. The lowest BCUT2D eigenvalue weighted by Crippen LogP contribution is -2.10. The molecule has 0 aliphatic carbocycles. The van der Waals surface area contributed by atoms with Crippen molar-refractivity contribution in [2.45, 2.75) is 6.42 Å². The van der Waals surface area contributed by atoms with Crippen LogP contribution in [-0.4, -0.2) is 35.3 Å². The molecule has 1 N–H and O–H groups in total. The predicted octanol–water partition coefficient (Wildman–Crippen LogP) is 4.39. The summed E-state index contributed by atoms with van der Waals surface area (Å²) in [5.74, 6) is 1.90. The largest absolute Gasteiger partial charge is 0.493 e. The minimum atomic E-state index is -0.264. The van der Waals surface area contributed by atoms with Crippen LogP contribution in [0, 0.1) is 0 Å². The molecule has 2 aromatic heterocycles. The van der Waals surface area contributed by atoms with Gasteiger partial charge >= 0.3 is 0 Å². The third kappa shape index (κ3) is 5.43. The van der Waals surface area contributed by atoms with Crippen LogP contribution in [0.3, 0.4) is 0 Å². The molecule has 0 unspecified atom stereocenters. The predicted molar refractivity (Wildman–Crippen MR) is 124 cm³/mol. The summed E-state index contributed by atoms with van der Waals surface area (Å²) in [6.45, 7) is 0. The zero-order valence-corrected chi connectivity index (χ0v) is 18.2. The summed E-state index contributed by atoms with van der Waals surface area (Å²) in [4.78, 5) is 21.0. The van der Waals surface area contributed by atoms with E-state index < -0.39 is 0 Å². The monoisotopic (exact) mass is 442 g/mol. The maximum atomic E-state index is 12.5. The first-order chi connectivity index (χ1) is 16.2. The lowest BCUT2D eigenvalue weighted by Gasteiger charge is -2.09. The molecule has 33 heavy (non-hydrogen) atoms. The van der Waals surface area contributed by atoms with Crippen LogP contribution >= 0.6 is 0 Å². The number of nitrogens with one attached hydrogen (secondary N) is 1. The molecule has 0 saturated carbocycles. The van der Waals surface area contributed by atoms with E-state index in [2.05, 4.69) is 20.4 Å². The van der Waals surface area contributed by atoms with E-state index in [1.165, 1.54) is 6.08 Å². The molecule has 8 heteroatoms. The molecular weight excluding hydrogens is 420 g/mol. The van der Waals surface area contributed by atoms with E-state index in [4.69, 9.17) is 14.0 Å². The topological polar surface area (TPSA) is 99.4 Å². The van der Waals surface area contributed by atoms with Gasteiger partial charge in [-0.1, -0.05) is 29.4 Å². The zero-order valence-electron chi connectivity index (χ0n) is 18.2. The molecule has 0 bridgehead atoms. The van der Waals surface area contributed by atoms with Gasteiger partial charge < -0.3 is 19.3 Å². The average molecular weight is 442 g/mol. The van der Waals surface area contributed by atoms with Crippen molar-refractivity contribution in [2.24, 2.45) is 0 Å². The number of amides is 1. The second-order valence-electron chi connectivity index (χ2n) is 7.02. The Balaban J connectivity index is 1.45. The van der Waals surface area contributed by atoms with Crippen molar-refractivity contribution in [2.75, 3.05) is 19.5 Å². The van der Waals surface area contributed by atoms with Gasteiger partial charge in [-0.2, -0.15) is 4.98 Å². The molecule has 0 spiro atoms. The van der Waals surface area contributed by atoms with E-state index >= 15 is 0 Å².